The number of sulfonamides is 1. The highest BCUT2D eigenvalue weighted by Crippen LogP contribution is 2.28. The van der Waals surface area contributed by atoms with Crippen LogP contribution in [0.4, 0.5) is 5.69 Å². The van der Waals surface area contributed by atoms with Crippen LogP contribution >= 0.6 is 0 Å². The first-order valence-electron chi connectivity index (χ1n) is 8.69. The van der Waals surface area contributed by atoms with Crippen molar-refractivity contribution in [3.05, 3.63) is 59.2 Å². The van der Waals surface area contributed by atoms with Gasteiger partial charge in [-0.25, -0.2) is 8.42 Å². The van der Waals surface area contributed by atoms with Gasteiger partial charge in [0.15, 0.2) is 0 Å². The molecular formula is C20H21N3O3S. The average Bonchev–Trinajstić information content (AvgIpc) is 2.67. The van der Waals surface area contributed by atoms with Crippen molar-refractivity contribution in [1.82, 2.24) is 4.31 Å². The molecule has 0 spiro atoms. The summed E-state index contributed by atoms with van der Waals surface area (Å²) in [5.41, 5.74) is 3.50. The summed E-state index contributed by atoms with van der Waals surface area (Å²) in [7, 11) is -2.41. The number of aryl methyl sites for hydroxylation is 2. The second-order valence-electron chi connectivity index (χ2n) is 6.68. The first-order valence-corrected chi connectivity index (χ1v) is 10.1. The minimum atomic E-state index is -3.81. The number of hydrogen-bond acceptors (Lipinski definition) is 4. The lowest BCUT2D eigenvalue weighted by Crippen LogP contribution is -2.43. The maximum atomic E-state index is 12.8. The highest BCUT2D eigenvalue weighted by molar-refractivity contribution is 7.89. The quantitative estimate of drug-likeness (QED) is 0.812. The molecule has 2 aromatic rings. The Balaban J connectivity index is 1.79. The van der Waals surface area contributed by atoms with Crippen molar-refractivity contribution in [1.29, 1.82) is 5.26 Å². The van der Waals surface area contributed by atoms with Crippen LogP contribution in [0.2, 0.25) is 0 Å². The van der Waals surface area contributed by atoms with Crippen LogP contribution in [0.25, 0.3) is 0 Å². The molecule has 0 aliphatic carbocycles. The number of benzene rings is 2. The first-order chi connectivity index (χ1) is 12.8. The van der Waals surface area contributed by atoms with E-state index in [2.05, 4.69) is 6.07 Å². The lowest BCUT2D eigenvalue weighted by atomic mass is 9.99. The summed E-state index contributed by atoms with van der Waals surface area (Å²) < 4.78 is 26.5. The molecule has 0 radical (unpaired) electrons. The Labute approximate surface area is 159 Å². The number of rotatable bonds is 4. The Morgan fingerprint density at radius 1 is 1.22 bits per heavy atom. The average molecular weight is 383 g/mol. The van der Waals surface area contributed by atoms with Crippen LogP contribution in [-0.2, 0) is 21.2 Å². The molecule has 27 heavy (non-hydrogen) atoms. The van der Waals surface area contributed by atoms with E-state index in [1.165, 1.54) is 31.3 Å². The molecule has 0 saturated heterocycles. The standard InChI is InChI=1S/C20H21N3O3S/c1-15-5-10-19-17(12-15)4-3-11-23(19)20(24)14-22(2)27(25,26)18-8-6-16(13-21)7-9-18/h5-10,12H,3-4,11,14H2,1-2H3. The molecule has 0 aromatic heterocycles. The minimum Gasteiger partial charge on any atom is -0.311 e. The molecule has 1 heterocycles. The van der Waals surface area contributed by atoms with Gasteiger partial charge in [-0.2, -0.15) is 9.57 Å². The van der Waals surface area contributed by atoms with Gasteiger partial charge in [0.1, 0.15) is 0 Å². The van der Waals surface area contributed by atoms with Crippen LogP contribution in [0.15, 0.2) is 47.4 Å². The number of anilines is 1. The number of fused-ring (bicyclic) bond motifs is 1. The molecule has 1 amide bonds. The van der Waals surface area contributed by atoms with Crippen molar-refractivity contribution >= 4 is 21.6 Å². The smallest absolute Gasteiger partial charge is 0.243 e. The van der Waals surface area contributed by atoms with E-state index in [9.17, 15) is 13.2 Å². The van der Waals surface area contributed by atoms with E-state index in [4.69, 9.17) is 5.26 Å². The van der Waals surface area contributed by atoms with Gasteiger partial charge in [-0.1, -0.05) is 17.7 Å². The van der Waals surface area contributed by atoms with Crippen molar-refractivity contribution in [3.8, 4) is 6.07 Å². The molecular weight excluding hydrogens is 362 g/mol. The van der Waals surface area contributed by atoms with Crippen molar-refractivity contribution in [2.75, 3.05) is 25.0 Å². The van der Waals surface area contributed by atoms with E-state index in [-0.39, 0.29) is 17.3 Å². The number of nitriles is 1. The number of likely N-dealkylation sites (N-methyl/N-ethyl adjacent to an activating group) is 1. The van der Waals surface area contributed by atoms with E-state index in [1.807, 2.05) is 25.1 Å². The largest absolute Gasteiger partial charge is 0.311 e. The van der Waals surface area contributed by atoms with Gasteiger partial charge in [0.05, 0.1) is 23.1 Å². The highest BCUT2D eigenvalue weighted by Gasteiger charge is 2.28. The van der Waals surface area contributed by atoms with Gasteiger partial charge in [-0.05, 0) is 55.7 Å². The van der Waals surface area contributed by atoms with Crippen LogP contribution in [0, 0.1) is 18.3 Å². The van der Waals surface area contributed by atoms with E-state index in [0.29, 0.717) is 12.1 Å². The van der Waals surface area contributed by atoms with Gasteiger partial charge in [0, 0.05) is 19.3 Å². The predicted octanol–water partition coefficient (Wildman–Crippen LogP) is 2.47. The van der Waals surface area contributed by atoms with Crippen LogP contribution in [-0.4, -0.2) is 38.8 Å². The summed E-state index contributed by atoms with van der Waals surface area (Å²) >= 11 is 0. The van der Waals surface area contributed by atoms with Crippen molar-refractivity contribution < 1.29 is 13.2 Å². The molecule has 0 bridgehead atoms. The molecule has 0 atom stereocenters. The van der Waals surface area contributed by atoms with Gasteiger partial charge in [0.2, 0.25) is 15.9 Å². The third-order valence-corrected chi connectivity index (χ3v) is 6.52. The molecule has 3 rings (SSSR count). The zero-order valence-corrected chi connectivity index (χ0v) is 16.2. The second kappa shape index (κ2) is 7.51. The van der Waals surface area contributed by atoms with Crippen LogP contribution in [0.5, 0.6) is 0 Å². The summed E-state index contributed by atoms with van der Waals surface area (Å²) in [4.78, 5) is 14.5. The fraction of sp³-hybridized carbons (Fsp3) is 0.300. The molecule has 0 fully saturated rings. The number of amides is 1. The van der Waals surface area contributed by atoms with Gasteiger partial charge in [-0.15, -0.1) is 0 Å². The SMILES string of the molecule is Cc1ccc2c(c1)CCCN2C(=O)CN(C)S(=O)(=O)c1ccc(C#N)cc1. The summed E-state index contributed by atoms with van der Waals surface area (Å²) in [5, 5.41) is 8.84. The third-order valence-electron chi connectivity index (χ3n) is 4.70. The molecule has 6 nitrogen and oxygen atoms in total. The predicted molar refractivity (Wildman–Crippen MR) is 103 cm³/mol. The summed E-state index contributed by atoms with van der Waals surface area (Å²) in [6.07, 6.45) is 1.77. The maximum absolute atomic E-state index is 12.8. The van der Waals surface area contributed by atoms with Gasteiger partial charge in [-0.3, -0.25) is 4.79 Å². The number of carbonyl (C=O) groups excluding carboxylic acids is 1. The molecule has 2 aromatic carbocycles. The molecule has 1 aliphatic rings. The van der Waals surface area contributed by atoms with Gasteiger partial charge >= 0.3 is 0 Å². The molecule has 1 aliphatic heterocycles. The van der Waals surface area contributed by atoms with E-state index in [1.54, 1.807) is 4.90 Å². The first kappa shape index (κ1) is 19.1. The van der Waals surface area contributed by atoms with E-state index < -0.39 is 10.0 Å². The summed E-state index contributed by atoms with van der Waals surface area (Å²) in [6, 6.07) is 13.6. The number of carbonyl (C=O) groups is 1. The Bertz CT molecular complexity index is 1010. The van der Waals surface area contributed by atoms with Crippen LogP contribution < -0.4 is 4.90 Å². The van der Waals surface area contributed by atoms with Crippen molar-refractivity contribution in [2.24, 2.45) is 0 Å². The van der Waals surface area contributed by atoms with Gasteiger partial charge in [0.25, 0.3) is 0 Å². The molecule has 0 N–H and O–H groups in total. The second-order valence-corrected chi connectivity index (χ2v) is 8.72. The molecule has 0 saturated carbocycles. The van der Waals surface area contributed by atoms with Crippen LogP contribution in [0.3, 0.4) is 0 Å². The maximum Gasteiger partial charge on any atom is 0.243 e. The summed E-state index contributed by atoms with van der Waals surface area (Å²) in [5.74, 6) is -0.250. The minimum absolute atomic E-state index is 0.0615. The van der Waals surface area contributed by atoms with E-state index >= 15 is 0 Å². The zero-order chi connectivity index (χ0) is 19.6. The Hall–Kier alpha value is -2.69. The van der Waals surface area contributed by atoms with Crippen molar-refractivity contribution in [3.63, 3.8) is 0 Å². The summed E-state index contributed by atoms with van der Waals surface area (Å²) in [6.45, 7) is 2.36. The molecule has 7 heteroatoms. The fourth-order valence-corrected chi connectivity index (χ4v) is 4.35. The fourth-order valence-electron chi connectivity index (χ4n) is 3.23. The van der Waals surface area contributed by atoms with E-state index in [0.717, 1.165) is 34.0 Å². The number of hydrogen-bond donors (Lipinski definition) is 0. The molecule has 140 valence electrons. The Morgan fingerprint density at radius 2 is 1.93 bits per heavy atom. The Morgan fingerprint density at radius 3 is 2.59 bits per heavy atom. The zero-order valence-electron chi connectivity index (χ0n) is 15.3. The Kier molecular flexibility index (Phi) is 5.31. The topological polar surface area (TPSA) is 81.5 Å². The van der Waals surface area contributed by atoms with Crippen LogP contribution in [0.1, 0.15) is 23.1 Å². The highest BCUT2D eigenvalue weighted by atomic mass is 32.2. The molecule has 0 unspecified atom stereocenters. The normalized spacial score (nSPS) is 13.9. The third kappa shape index (κ3) is 3.87. The van der Waals surface area contributed by atoms with Gasteiger partial charge < -0.3 is 4.90 Å². The lowest BCUT2D eigenvalue weighted by Gasteiger charge is -2.31. The van der Waals surface area contributed by atoms with Crippen molar-refractivity contribution in [2.45, 2.75) is 24.7 Å². The monoisotopic (exact) mass is 383 g/mol. The lowest BCUT2D eigenvalue weighted by molar-refractivity contribution is -0.118. The number of nitrogens with zero attached hydrogens (tertiary/aromatic N) is 3.